The van der Waals surface area contributed by atoms with Gasteiger partial charge in [0.25, 0.3) is 0 Å². The molecular formula is C12H17NO3. The molecule has 0 aliphatic carbocycles. The van der Waals surface area contributed by atoms with E-state index in [1.54, 1.807) is 11.9 Å². The Hall–Kier alpha value is -1.39. The molecular weight excluding hydrogens is 206 g/mol. The van der Waals surface area contributed by atoms with Gasteiger partial charge in [-0.1, -0.05) is 30.3 Å². The van der Waals surface area contributed by atoms with E-state index in [-0.39, 0.29) is 12.5 Å². The number of rotatable bonds is 5. The van der Waals surface area contributed by atoms with Crippen LogP contribution in [0.1, 0.15) is 11.7 Å². The van der Waals surface area contributed by atoms with E-state index in [1.807, 2.05) is 30.3 Å². The molecule has 0 radical (unpaired) electrons. The van der Waals surface area contributed by atoms with Crippen LogP contribution in [0.15, 0.2) is 30.3 Å². The van der Waals surface area contributed by atoms with E-state index in [2.05, 4.69) is 4.74 Å². The second-order valence-electron chi connectivity index (χ2n) is 3.70. The SMILES string of the molecule is COC(=O)CN(C)CC(O)c1ccccc1. The number of likely N-dealkylation sites (N-methyl/N-ethyl adjacent to an activating group) is 1. The van der Waals surface area contributed by atoms with Crippen molar-refractivity contribution in [2.45, 2.75) is 6.10 Å². The molecule has 0 fully saturated rings. The summed E-state index contributed by atoms with van der Waals surface area (Å²) in [4.78, 5) is 12.7. The summed E-state index contributed by atoms with van der Waals surface area (Å²) in [5.41, 5.74) is 0.846. The second-order valence-corrected chi connectivity index (χ2v) is 3.70. The summed E-state index contributed by atoms with van der Waals surface area (Å²) in [6, 6.07) is 9.36. The number of nitrogens with zero attached hydrogens (tertiary/aromatic N) is 1. The molecule has 0 saturated heterocycles. The Bertz CT molecular complexity index is 326. The Morgan fingerprint density at radius 2 is 2.06 bits per heavy atom. The van der Waals surface area contributed by atoms with Gasteiger partial charge in [0.15, 0.2) is 0 Å². The molecule has 0 amide bonds. The van der Waals surface area contributed by atoms with Crippen LogP contribution in [0.4, 0.5) is 0 Å². The van der Waals surface area contributed by atoms with Crippen molar-refractivity contribution < 1.29 is 14.6 Å². The van der Waals surface area contributed by atoms with Crippen LogP contribution in [0.2, 0.25) is 0 Å². The molecule has 1 N–H and O–H groups in total. The van der Waals surface area contributed by atoms with E-state index in [1.165, 1.54) is 7.11 Å². The normalized spacial score (nSPS) is 12.5. The molecule has 1 atom stereocenters. The zero-order chi connectivity index (χ0) is 12.0. The highest BCUT2D eigenvalue weighted by molar-refractivity contribution is 5.71. The molecule has 0 heterocycles. The summed E-state index contributed by atoms with van der Waals surface area (Å²) < 4.78 is 4.55. The molecule has 4 nitrogen and oxygen atoms in total. The van der Waals surface area contributed by atoms with Crippen LogP contribution in [0.5, 0.6) is 0 Å². The van der Waals surface area contributed by atoms with Gasteiger partial charge in [-0.25, -0.2) is 0 Å². The van der Waals surface area contributed by atoms with Crippen molar-refractivity contribution in [3.63, 3.8) is 0 Å². The minimum absolute atomic E-state index is 0.181. The first kappa shape index (κ1) is 12.7. The fraction of sp³-hybridized carbons (Fsp3) is 0.417. The maximum Gasteiger partial charge on any atom is 0.319 e. The van der Waals surface area contributed by atoms with Gasteiger partial charge in [0, 0.05) is 6.54 Å². The van der Waals surface area contributed by atoms with Crippen LogP contribution in [-0.2, 0) is 9.53 Å². The number of ether oxygens (including phenoxy) is 1. The molecule has 0 aliphatic rings. The minimum atomic E-state index is -0.587. The molecule has 1 aromatic rings. The largest absolute Gasteiger partial charge is 0.468 e. The van der Waals surface area contributed by atoms with Crippen molar-refractivity contribution in [2.75, 3.05) is 27.2 Å². The van der Waals surface area contributed by atoms with E-state index >= 15 is 0 Å². The highest BCUT2D eigenvalue weighted by Crippen LogP contribution is 2.12. The fourth-order valence-electron chi connectivity index (χ4n) is 1.43. The summed E-state index contributed by atoms with van der Waals surface area (Å²) in [6.45, 7) is 0.583. The molecule has 1 aromatic carbocycles. The molecule has 1 unspecified atom stereocenters. The topological polar surface area (TPSA) is 49.8 Å². The molecule has 4 heteroatoms. The molecule has 0 aromatic heterocycles. The Labute approximate surface area is 95.5 Å². The molecule has 0 saturated carbocycles. The third kappa shape index (κ3) is 4.00. The summed E-state index contributed by atoms with van der Waals surface area (Å²) in [5, 5.41) is 9.88. The highest BCUT2D eigenvalue weighted by Gasteiger charge is 2.12. The van der Waals surface area contributed by atoms with E-state index < -0.39 is 6.10 Å². The van der Waals surface area contributed by atoms with Crippen molar-refractivity contribution in [2.24, 2.45) is 0 Å². The van der Waals surface area contributed by atoms with Crippen molar-refractivity contribution in [3.05, 3.63) is 35.9 Å². The lowest BCUT2D eigenvalue weighted by molar-refractivity contribution is -0.141. The maximum atomic E-state index is 11.0. The lowest BCUT2D eigenvalue weighted by Crippen LogP contribution is -2.30. The highest BCUT2D eigenvalue weighted by atomic mass is 16.5. The lowest BCUT2D eigenvalue weighted by atomic mass is 10.1. The van der Waals surface area contributed by atoms with Gasteiger partial charge < -0.3 is 9.84 Å². The third-order valence-corrected chi connectivity index (χ3v) is 2.30. The van der Waals surface area contributed by atoms with Crippen LogP contribution in [0.25, 0.3) is 0 Å². The van der Waals surface area contributed by atoms with Crippen LogP contribution in [0, 0.1) is 0 Å². The monoisotopic (exact) mass is 223 g/mol. The zero-order valence-electron chi connectivity index (χ0n) is 9.59. The number of carbonyl (C=O) groups excluding carboxylic acids is 1. The van der Waals surface area contributed by atoms with Crippen molar-refractivity contribution in [1.29, 1.82) is 0 Å². The zero-order valence-corrected chi connectivity index (χ0v) is 9.59. The van der Waals surface area contributed by atoms with Gasteiger partial charge in [-0.05, 0) is 12.6 Å². The van der Waals surface area contributed by atoms with Crippen LogP contribution < -0.4 is 0 Å². The Kier molecular flexibility index (Phi) is 4.95. The van der Waals surface area contributed by atoms with E-state index in [0.717, 1.165) is 5.56 Å². The number of aliphatic hydroxyl groups is 1. The Morgan fingerprint density at radius 1 is 1.44 bits per heavy atom. The van der Waals surface area contributed by atoms with Gasteiger partial charge in [0.05, 0.1) is 19.8 Å². The number of benzene rings is 1. The van der Waals surface area contributed by atoms with Gasteiger partial charge in [-0.3, -0.25) is 9.69 Å². The molecule has 0 aliphatic heterocycles. The van der Waals surface area contributed by atoms with Crippen molar-refractivity contribution in [3.8, 4) is 0 Å². The molecule has 1 rings (SSSR count). The Morgan fingerprint density at radius 3 is 2.62 bits per heavy atom. The maximum absolute atomic E-state index is 11.0. The number of methoxy groups -OCH3 is 1. The van der Waals surface area contributed by atoms with Crippen molar-refractivity contribution >= 4 is 5.97 Å². The number of aliphatic hydroxyl groups excluding tert-OH is 1. The van der Waals surface area contributed by atoms with Gasteiger partial charge in [0.2, 0.25) is 0 Å². The third-order valence-electron chi connectivity index (χ3n) is 2.30. The average Bonchev–Trinajstić information content (AvgIpc) is 2.29. The number of hydrogen-bond acceptors (Lipinski definition) is 4. The quantitative estimate of drug-likeness (QED) is 0.751. The molecule has 0 bridgehead atoms. The first-order chi connectivity index (χ1) is 7.63. The molecule has 16 heavy (non-hydrogen) atoms. The van der Waals surface area contributed by atoms with Crippen LogP contribution >= 0.6 is 0 Å². The second kappa shape index (κ2) is 6.25. The fourth-order valence-corrected chi connectivity index (χ4v) is 1.43. The summed E-state index contributed by atoms with van der Waals surface area (Å²) in [6.07, 6.45) is -0.587. The lowest BCUT2D eigenvalue weighted by Gasteiger charge is -2.19. The standard InChI is InChI=1S/C12H17NO3/c1-13(9-12(15)16-2)8-11(14)10-6-4-3-5-7-10/h3-7,11,14H,8-9H2,1-2H3. The summed E-state index contributed by atoms with van der Waals surface area (Å²) in [7, 11) is 3.12. The number of carbonyl (C=O) groups is 1. The van der Waals surface area contributed by atoms with Crippen molar-refractivity contribution in [1.82, 2.24) is 4.90 Å². The smallest absolute Gasteiger partial charge is 0.319 e. The first-order valence-electron chi connectivity index (χ1n) is 5.12. The van der Waals surface area contributed by atoms with Gasteiger partial charge in [-0.15, -0.1) is 0 Å². The number of hydrogen-bond donors (Lipinski definition) is 1. The van der Waals surface area contributed by atoms with E-state index in [4.69, 9.17) is 0 Å². The van der Waals surface area contributed by atoms with E-state index in [9.17, 15) is 9.90 Å². The molecule has 88 valence electrons. The van der Waals surface area contributed by atoms with Crippen LogP contribution in [-0.4, -0.2) is 43.2 Å². The van der Waals surface area contributed by atoms with Crippen LogP contribution in [0.3, 0.4) is 0 Å². The average molecular weight is 223 g/mol. The van der Waals surface area contributed by atoms with Gasteiger partial charge >= 0.3 is 5.97 Å². The van der Waals surface area contributed by atoms with E-state index in [0.29, 0.717) is 6.54 Å². The first-order valence-corrected chi connectivity index (χ1v) is 5.12. The Balaban J connectivity index is 2.45. The minimum Gasteiger partial charge on any atom is -0.468 e. The number of esters is 1. The summed E-state index contributed by atoms with van der Waals surface area (Å²) >= 11 is 0. The predicted octanol–water partition coefficient (Wildman–Crippen LogP) is 0.825. The van der Waals surface area contributed by atoms with Gasteiger partial charge in [0.1, 0.15) is 0 Å². The summed E-state index contributed by atoms with van der Waals surface area (Å²) in [5.74, 6) is -0.303. The predicted molar refractivity (Wildman–Crippen MR) is 60.9 cm³/mol. The van der Waals surface area contributed by atoms with Gasteiger partial charge in [-0.2, -0.15) is 0 Å². The molecule has 0 spiro atoms.